The SMILES string of the molecule is COc1cc(NC(=O)c2cccc(C(F)F)n2)cn2cc(C3CC4(CCOC4)C3)nc12. The van der Waals surface area contributed by atoms with E-state index < -0.39 is 18.0 Å². The van der Waals surface area contributed by atoms with Gasteiger partial charge in [-0.1, -0.05) is 6.07 Å². The van der Waals surface area contributed by atoms with E-state index in [1.807, 2.05) is 10.6 Å². The summed E-state index contributed by atoms with van der Waals surface area (Å²) in [6.45, 7) is 1.67. The van der Waals surface area contributed by atoms with Crippen molar-refractivity contribution >= 4 is 17.2 Å². The number of imidazole rings is 1. The number of hydrogen-bond acceptors (Lipinski definition) is 5. The lowest BCUT2D eigenvalue weighted by atomic mass is 9.61. The number of halogens is 2. The summed E-state index contributed by atoms with van der Waals surface area (Å²) in [4.78, 5) is 21.0. The van der Waals surface area contributed by atoms with Gasteiger partial charge < -0.3 is 19.2 Å². The molecule has 7 nitrogen and oxygen atoms in total. The van der Waals surface area contributed by atoms with Crippen LogP contribution in [0.25, 0.3) is 5.65 Å². The van der Waals surface area contributed by atoms with Gasteiger partial charge in [-0.3, -0.25) is 4.79 Å². The summed E-state index contributed by atoms with van der Waals surface area (Å²) < 4.78 is 38.6. The van der Waals surface area contributed by atoms with Crippen molar-refractivity contribution in [3.05, 3.63) is 53.7 Å². The second-order valence-electron chi connectivity index (χ2n) is 8.30. The van der Waals surface area contributed by atoms with E-state index >= 15 is 0 Å². The Morgan fingerprint density at radius 2 is 2.16 bits per heavy atom. The van der Waals surface area contributed by atoms with Crippen LogP contribution in [-0.4, -0.2) is 40.6 Å². The molecule has 1 amide bonds. The van der Waals surface area contributed by atoms with E-state index in [1.165, 1.54) is 25.3 Å². The summed E-state index contributed by atoms with van der Waals surface area (Å²) >= 11 is 0. The van der Waals surface area contributed by atoms with Gasteiger partial charge in [0.25, 0.3) is 12.3 Å². The van der Waals surface area contributed by atoms with Crippen molar-refractivity contribution in [3.63, 3.8) is 0 Å². The fraction of sp³-hybridized carbons (Fsp3) is 0.409. The van der Waals surface area contributed by atoms with E-state index in [9.17, 15) is 13.6 Å². The number of fused-ring (bicyclic) bond motifs is 1. The number of nitrogens with one attached hydrogen (secondary N) is 1. The molecule has 1 saturated heterocycles. The molecule has 5 rings (SSSR count). The van der Waals surface area contributed by atoms with Gasteiger partial charge in [-0.05, 0) is 36.8 Å². The number of methoxy groups -OCH3 is 1. The van der Waals surface area contributed by atoms with Gasteiger partial charge >= 0.3 is 0 Å². The first-order chi connectivity index (χ1) is 15.0. The lowest BCUT2D eigenvalue weighted by Gasteiger charge is -2.43. The highest BCUT2D eigenvalue weighted by molar-refractivity contribution is 6.03. The van der Waals surface area contributed by atoms with Gasteiger partial charge in [0.1, 0.15) is 11.4 Å². The molecule has 0 bridgehead atoms. The maximum Gasteiger partial charge on any atom is 0.280 e. The quantitative estimate of drug-likeness (QED) is 0.659. The highest BCUT2D eigenvalue weighted by Crippen LogP contribution is 2.55. The molecule has 1 spiro atoms. The number of aromatic nitrogens is 3. The number of ether oxygens (including phenoxy) is 2. The molecule has 1 N–H and O–H groups in total. The van der Waals surface area contributed by atoms with Crippen molar-refractivity contribution in [1.29, 1.82) is 0 Å². The predicted molar refractivity (Wildman–Crippen MR) is 109 cm³/mol. The maximum absolute atomic E-state index is 12.9. The fourth-order valence-corrected chi connectivity index (χ4v) is 4.56. The number of alkyl halides is 2. The maximum atomic E-state index is 12.9. The summed E-state index contributed by atoms with van der Waals surface area (Å²) in [5.74, 6) is 0.314. The lowest BCUT2D eigenvalue weighted by Crippen LogP contribution is -2.36. The standard InChI is InChI=1S/C22H22F2N4O3/c1-30-18-7-14(25-21(29)16-4-2-3-15(26-16)19(23)24)10-28-11-17(27-20(18)28)13-8-22(9-13)5-6-31-12-22/h2-4,7,10-11,13,19H,5-6,8-9,12H2,1H3,(H,25,29). The van der Waals surface area contributed by atoms with Gasteiger partial charge in [0.2, 0.25) is 0 Å². The third kappa shape index (κ3) is 3.63. The average Bonchev–Trinajstić information content (AvgIpc) is 3.39. The van der Waals surface area contributed by atoms with Crippen molar-refractivity contribution in [1.82, 2.24) is 14.4 Å². The van der Waals surface area contributed by atoms with Crippen LogP contribution in [0.3, 0.4) is 0 Å². The first kappa shape index (κ1) is 19.9. The molecule has 1 saturated carbocycles. The molecule has 1 aliphatic carbocycles. The Morgan fingerprint density at radius 3 is 2.87 bits per heavy atom. The topological polar surface area (TPSA) is 77.8 Å². The van der Waals surface area contributed by atoms with Crippen LogP contribution in [0.4, 0.5) is 14.5 Å². The largest absolute Gasteiger partial charge is 0.493 e. The van der Waals surface area contributed by atoms with E-state index in [-0.39, 0.29) is 5.69 Å². The van der Waals surface area contributed by atoms with Crippen LogP contribution in [0, 0.1) is 5.41 Å². The Labute approximate surface area is 177 Å². The van der Waals surface area contributed by atoms with Gasteiger partial charge in [-0.15, -0.1) is 0 Å². The monoisotopic (exact) mass is 428 g/mol. The first-order valence-corrected chi connectivity index (χ1v) is 10.2. The minimum Gasteiger partial charge on any atom is -0.493 e. The van der Waals surface area contributed by atoms with Crippen LogP contribution in [0.2, 0.25) is 0 Å². The van der Waals surface area contributed by atoms with Crippen molar-refractivity contribution in [2.45, 2.75) is 31.6 Å². The minimum atomic E-state index is -2.74. The zero-order valence-corrected chi connectivity index (χ0v) is 17.0. The number of rotatable bonds is 5. The smallest absolute Gasteiger partial charge is 0.280 e. The Morgan fingerprint density at radius 1 is 1.32 bits per heavy atom. The third-order valence-electron chi connectivity index (χ3n) is 6.20. The second kappa shape index (κ2) is 7.56. The van der Waals surface area contributed by atoms with E-state index in [4.69, 9.17) is 14.5 Å². The summed E-state index contributed by atoms with van der Waals surface area (Å²) in [5, 5.41) is 2.71. The van der Waals surface area contributed by atoms with E-state index in [0.29, 0.717) is 28.4 Å². The molecule has 2 aliphatic rings. The van der Waals surface area contributed by atoms with Crippen molar-refractivity contribution in [3.8, 4) is 5.75 Å². The molecule has 1 aliphatic heterocycles. The molecule has 9 heteroatoms. The number of carbonyl (C=O) groups excluding carboxylic acids is 1. The molecule has 0 unspecified atom stereocenters. The highest BCUT2D eigenvalue weighted by Gasteiger charge is 2.48. The van der Waals surface area contributed by atoms with Crippen LogP contribution >= 0.6 is 0 Å². The fourth-order valence-electron chi connectivity index (χ4n) is 4.56. The van der Waals surface area contributed by atoms with Gasteiger partial charge in [0.05, 0.1) is 25.1 Å². The van der Waals surface area contributed by atoms with Gasteiger partial charge in [-0.2, -0.15) is 0 Å². The summed E-state index contributed by atoms with van der Waals surface area (Å²) in [6, 6.07) is 5.63. The van der Waals surface area contributed by atoms with Gasteiger partial charge in [-0.25, -0.2) is 18.7 Å². The molecule has 31 heavy (non-hydrogen) atoms. The first-order valence-electron chi connectivity index (χ1n) is 10.2. The minimum absolute atomic E-state index is 0.0817. The van der Waals surface area contributed by atoms with E-state index in [2.05, 4.69) is 10.3 Å². The number of nitrogens with zero attached hydrogens (tertiary/aromatic N) is 3. The van der Waals surface area contributed by atoms with Crippen LogP contribution in [-0.2, 0) is 4.74 Å². The Balaban J connectivity index is 1.38. The molecular weight excluding hydrogens is 406 g/mol. The Hall–Kier alpha value is -3.07. The Kier molecular flexibility index (Phi) is 4.85. The molecule has 2 fully saturated rings. The molecule has 0 atom stereocenters. The van der Waals surface area contributed by atoms with Crippen molar-refractivity contribution < 1.29 is 23.0 Å². The van der Waals surface area contributed by atoms with Crippen LogP contribution in [0.5, 0.6) is 5.75 Å². The number of hydrogen-bond donors (Lipinski definition) is 1. The van der Waals surface area contributed by atoms with Crippen molar-refractivity contribution in [2.75, 3.05) is 25.6 Å². The van der Waals surface area contributed by atoms with Gasteiger partial charge in [0, 0.05) is 31.0 Å². The number of anilines is 1. The normalized spacial score (nSPS) is 22.8. The summed E-state index contributed by atoms with van der Waals surface area (Å²) in [5.41, 5.74) is 1.90. The van der Waals surface area contributed by atoms with Crippen LogP contribution < -0.4 is 10.1 Å². The highest BCUT2D eigenvalue weighted by atomic mass is 19.3. The molecule has 0 radical (unpaired) electrons. The summed E-state index contributed by atoms with van der Waals surface area (Å²) in [6.07, 6.45) is 4.18. The van der Waals surface area contributed by atoms with E-state index in [1.54, 1.807) is 12.3 Å². The van der Waals surface area contributed by atoms with E-state index in [0.717, 1.165) is 38.2 Å². The zero-order chi connectivity index (χ0) is 21.6. The number of carbonyl (C=O) groups is 1. The third-order valence-corrected chi connectivity index (χ3v) is 6.20. The lowest BCUT2D eigenvalue weighted by molar-refractivity contribution is 0.0706. The van der Waals surface area contributed by atoms with Gasteiger partial charge in [0.15, 0.2) is 11.4 Å². The number of amides is 1. The molecule has 3 aromatic rings. The summed E-state index contributed by atoms with van der Waals surface area (Å²) in [7, 11) is 1.54. The molecule has 3 aromatic heterocycles. The second-order valence-corrected chi connectivity index (χ2v) is 8.30. The average molecular weight is 428 g/mol. The van der Waals surface area contributed by atoms with Crippen LogP contribution in [0.15, 0.2) is 36.7 Å². The molecular formula is C22H22F2N4O3. The number of pyridine rings is 2. The molecule has 162 valence electrons. The zero-order valence-electron chi connectivity index (χ0n) is 17.0. The predicted octanol–water partition coefficient (Wildman–Crippen LogP) is 4.21. The molecule has 0 aromatic carbocycles. The molecule has 4 heterocycles. The van der Waals surface area contributed by atoms with Crippen LogP contribution in [0.1, 0.15) is 53.5 Å². The Bertz CT molecular complexity index is 1130. The van der Waals surface area contributed by atoms with Crippen molar-refractivity contribution in [2.24, 2.45) is 5.41 Å².